The van der Waals surface area contributed by atoms with Gasteiger partial charge in [-0.15, -0.1) is 0 Å². The van der Waals surface area contributed by atoms with Gasteiger partial charge in [0.05, 0.1) is 31.5 Å². The summed E-state index contributed by atoms with van der Waals surface area (Å²) in [4.78, 5) is 24.7. The second kappa shape index (κ2) is 6.15. The predicted molar refractivity (Wildman–Crippen MR) is 87.1 cm³/mol. The summed E-state index contributed by atoms with van der Waals surface area (Å²) in [5.74, 6) is -1.37. The first kappa shape index (κ1) is 18.9. The third-order valence-corrected chi connectivity index (χ3v) is 5.57. The largest absolute Gasteiger partial charge is 0.468 e. The number of hydrogen-bond donors (Lipinski definition) is 1. The molecule has 0 bridgehead atoms. The van der Waals surface area contributed by atoms with E-state index in [1.165, 1.54) is 14.2 Å². The standard InChI is InChI=1S/C18H28O6/c1-11-9-18(14(19)22-5,15(20)23-6)10-12(11)17(4)8-7-13(24-17)16(2,3)21/h12-13,21H,1,7-10H2,2-6H3/t12-,13-,17-/m0/s1. The highest BCUT2D eigenvalue weighted by Gasteiger charge is 2.60. The number of carbonyl (C=O) groups is 2. The third kappa shape index (κ3) is 2.97. The first-order chi connectivity index (χ1) is 11.0. The lowest BCUT2D eigenvalue weighted by molar-refractivity contribution is -0.170. The Morgan fingerprint density at radius 2 is 1.83 bits per heavy atom. The molecule has 2 aliphatic rings. The highest BCUT2D eigenvalue weighted by Crippen LogP contribution is 2.54. The van der Waals surface area contributed by atoms with Gasteiger partial charge in [-0.25, -0.2) is 0 Å². The Morgan fingerprint density at radius 3 is 2.25 bits per heavy atom. The monoisotopic (exact) mass is 340 g/mol. The lowest BCUT2D eigenvalue weighted by Crippen LogP contribution is -2.43. The Balaban J connectivity index is 2.29. The van der Waals surface area contributed by atoms with Crippen LogP contribution in [0.2, 0.25) is 0 Å². The van der Waals surface area contributed by atoms with Crippen LogP contribution in [0.25, 0.3) is 0 Å². The quantitative estimate of drug-likeness (QED) is 0.479. The maximum absolute atomic E-state index is 12.3. The molecule has 1 saturated heterocycles. The number of carbonyl (C=O) groups excluding carboxylic acids is 2. The topological polar surface area (TPSA) is 82.1 Å². The predicted octanol–water partition coefficient (Wildman–Crippen LogP) is 1.99. The first-order valence-electron chi connectivity index (χ1n) is 8.25. The normalized spacial score (nSPS) is 32.7. The fraction of sp³-hybridized carbons (Fsp3) is 0.778. The summed E-state index contributed by atoms with van der Waals surface area (Å²) in [5, 5.41) is 10.2. The van der Waals surface area contributed by atoms with E-state index in [1.807, 2.05) is 6.92 Å². The van der Waals surface area contributed by atoms with E-state index in [1.54, 1.807) is 13.8 Å². The molecule has 0 radical (unpaired) electrons. The summed E-state index contributed by atoms with van der Waals surface area (Å²) >= 11 is 0. The van der Waals surface area contributed by atoms with Crippen LogP contribution in [0, 0.1) is 11.3 Å². The van der Waals surface area contributed by atoms with Gasteiger partial charge >= 0.3 is 11.9 Å². The Bertz CT molecular complexity index is 530. The van der Waals surface area contributed by atoms with Crippen LogP contribution in [0.1, 0.15) is 46.5 Å². The fourth-order valence-electron chi connectivity index (χ4n) is 4.12. The molecule has 1 saturated carbocycles. The van der Waals surface area contributed by atoms with Crippen molar-refractivity contribution in [1.82, 2.24) is 0 Å². The summed E-state index contributed by atoms with van der Waals surface area (Å²) in [6.07, 6.45) is 1.60. The minimum Gasteiger partial charge on any atom is -0.468 e. The van der Waals surface area contributed by atoms with Gasteiger partial charge in [-0.3, -0.25) is 9.59 Å². The Morgan fingerprint density at radius 1 is 1.29 bits per heavy atom. The SMILES string of the molecule is C=C1CC(C(=O)OC)(C(=O)OC)C[C@@H]1[C@]1(C)CC[C@@H](C(C)(C)O)O1. The molecular formula is C18H28O6. The molecule has 24 heavy (non-hydrogen) atoms. The number of hydrogen-bond acceptors (Lipinski definition) is 6. The van der Waals surface area contributed by atoms with Crippen LogP contribution in [-0.4, -0.2) is 48.6 Å². The van der Waals surface area contributed by atoms with Gasteiger partial charge in [-0.05, 0) is 46.5 Å². The molecule has 3 atom stereocenters. The van der Waals surface area contributed by atoms with E-state index in [9.17, 15) is 14.7 Å². The van der Waals surface area contributed by atoms with Gasteiger partial charge < -0.3 is 19.3 Å². The Labute approximate surface area is 143 Å². The summed E-state index contributed by atoms with van der Waals surface area (Å²) in [5.41, 5.74) is -2.10. The van der Waals surface area contributed by atoms with Crippen LogP contribution >= 0.6 is 0 Å². The van der Waals surface area contributed by atoms with Crippen LogP contribution in [0.5, 0.6) is 0 Å². The summed E-state index contributed by atoms with van der Waals surface area (Å²) < 4.78 is 15.9. The van der Waals surface area contributed by atoms with Crippen molar-refractivity contribution in [3.05, 3.63) is 12.2 Å². The van der Waals surface area contributed by atoms with E-state index in [-0.39, 0.29) is 24.9 Å². The molecule has 136 valence electrons. The molecule has 1 heterocycles. The van der Waals surface area contributed by atoms with Gasteiger partial charge in [-0.1, -0.05) is 12.2 Å². The van der Waals surface area contributed by atoms with Gasteiger partial charge in [0.2, 0.25) is 0 Å². The van der Waals surface area contributed by atoms with Crippen LogP contribution in [-0.2, 0) is 23.8 Å². The van der Waals surface area contributed by atoms with E-state index >= 15 is 0 Å². The zero-order valence-electron chi connectivity index (χ0n) is 15.2. The number of ether oxygens (including phenoxy) is 3. The van der Waals surface area contributed by atoms with Gasteiger partial charge in [0.1, 0.15) is 0 Å². The first-order valence-corrected chi connectivity index (χ1v) is 8.25. The van der Waals surface area contributed by atoms with E-state index < -0.39 is 28.6 Å². The van der Waals surface area contributed by atoms with Gasteiger partial charge in [0.15, 0.2) is 5.41 Å². The highest BCUT2D eigenvalue weighted by atomic mass is 16.5. The van der Waals surface area contributed by atoms with E-state index in [0.29, 0.717) is 6.42 Å². The molecule has 6 heteroatoms. The maximum Gasteiger partial charge on any atom is 0.323 e. The second-order valence-electron chi connectivity index (χ2n) is 7.77. The van der Waals surface area contributed by atoms with E-state index in [4.69, 9.17) is 14.2 Å². The summed E-state index contributed by atoms with van der Waals surface area (Å²) in [6, 6.07) is 0. The molecule has 0 amide bonds. The van der Waals surface area contributed by atoms with Crippen LogP contribution < -0.4 is 0 Å². The lowest BCUT2D eigenvalue weighted by Gasteiger charge is -2.35. The summed E-state index contributed by atoms with van der Waals surface area (Å²) in [6.45, 7) is 9.49. The van der Waals surface area contributed by atoms with E-state index in [0.717, 1.165) is 12.0 Å². The molecular weight excluding hydrogens is 312 g/mol. The molecule has 2 rings (SSSR count). The molecule has 0 aromatic carbocycles. The van der Waals surface area contributed by atoms with Crippen molar-refractivity contribution < 1.29 is 28.9 Å². The Hall–Kier alpha value is -1.40. The maximum atomic E-state index is 12.3. The zero-order valence-corrected chi connectivity index (χ0v) is 15.2. The van der Waals surface area contributed by atoms with Crippen LogP contribution in [0.3, 0.4) is 0 Å². The minimum absolute atomic E-state index is 0.178. The zero-order chi connectivity index (χ0) is 18.3. The van der Waals surface area contributed by atoms with E-state index in [2.05, 4.69) is 6.58 Å². The average molecular weight is 340 g/mol. The van der Waals surface area contributed by atoms with Crippen LogP contribution in [0.4, 0.5) is 0 Å². The molecule has 1 aliphatic heterocycles. The molecule has 0 aromatic heterocycles. The lowest BCUT2D eigenvalue weighted by atomic mass is 9.79. The third-order valence-electron chi connectivity index (χ3n) is 5.57. The molecule has 0 aromatic rings. The second-order valence-corrected chi connectivity index (χ2v) is 7.77. The van der Waals surface area contributed by atoms with Crippen molar-refractivity contribution in [3.8, 4) is 0 Å². The molecule has 0 unspecified atom stereocenters. The number of methoxy groups -OCH3 is 2. The van der Waals surface area contributed by atoms with Crippen molar-refractivity contribution in [2.45, 2.75) is 63.8 Å². The Kier molecular flexibility index (Phi) is 4.85. The van der Waals surface area contributed by atoms with Crippen molar-refractivity contribution >= 4 is 11.9 Å². The number of esters is 2. The average Bonchev–Trinajstić information content (AvgIpc) is 3.08. The van der Waals surface area contributed by atoms with Crippen molar-refractivity contribution in [3.63, 3.8) is 0 Å². The van der Waals surface area contributed by atoms with Gasteiger partial charge in [0, 0.05) is 5.92 Å². The van der Waals surface area contributed by atoms with Crippen LogP contribution in [0.15, 0.2) is 12.2 Å². The molecule has 6 nitrogen and oxygen atoms in total. The van der Waals surface area contributed by atoms with Crippen molar-refractivity contribution in [1.29, 1.82) is 0 Å². The van der Waals surface area contributed by atoms with Gasteiger partial charge in [-0.2, -0.15) is 0 Å². The minimum atomic E-state index is -1.36. The highest BCUT2D eigenvalue weighted by molar-refractivity contribution is 6.01. The molecule has 2 fully saturated rings. The fourth-order valence-corrected chi connectivity index (χ4v) is 4.12. The van der Waals surface area contributed by atoms with Crippen molar-refractivity contribution in [2.24, 2.45) is 11.3 Å². The molecule has 0 spiro atoms. The number of rotatable bonds is 4. The number of aliphatic hydroxyl groups is 1. The summed E-state index contributed by atoms with van der Waals surface area (Å²) in [7, 11) is 2.53. The van der Waals surface area contributed by atoms with Crippen molar-refractivity contribution in [2.75, 3.05) is 14.2 Å². The molecule has 1 N–H and O–H groups in total. The molecule has 1 aliphatic carbocycles. The van der Waals surface area contributed by atoms with Gasteiger partial charge in [0.25, 0.3) is 0 Å². The smallest absolute Gasteiger partial charge is 0.323 e.